The second kappa shape index (κ2) is 8.88. The van der Waals surface area contributed by atoms with Crippen LogP contribution in [0, 0.1) is 0 Å². The summed E-state index contributed by atoms with van der Waals surface area (Å²) in [6.45, 7) is 1.02. The highest BCUT2D eigenvalue weighted by Crippen LogP contribution is 2.21. The zero-order valence-corrected chi connectivity index (χ0v) is 14.8. The number of ether oxygens (including phenoxy) is 1. The lowest BCUT2D eigenvalue weighted by Gasteiger charge is -2.28. The van der Waals surface area contributed by atoms with Gasteiger partial charge in [0.1, 0.15) is 11.8 Å². The summed E-state index contributed by atoms with van der Waals surface area (Å²) in [5, 5.41) is 3.16. The fourth-order valence-electron chi connectivity index (χ4n) is 3.80. The van der Waals surface area contributed by atoms with Crippen molar-refractivity contribution in [3.8, 4) is 5.75 Å². The standard InChI is InChI=1S/C20H28N2O3/c23-19(13-15-25-17-10-5-2-6-11-17)22-14-7-12-18(22)20(24)21-16-8-3-1-4-9-16/h2,5-6,10-11,16,18H,1,3-4,7-9,12-15H2,(H,21,24)/t18-/m0/s1. The van der Waals surface area contributed by atoms with Crippen molar-refractivity contribution in [2.75, 3.05) is 13.2 Å². The summed E-state index contributed by atoms with van der Waals surface area (Å²) in [4.78, 5) is 26.8. The second-order valence-corrected chi connectivity index (χ2v) is 7.00. The SMILES string of the molecule is O=C(NC1CCCCC1)[C@@H]1CCCN1C(=O)CCOc1ccccc1. The normalized spacial score (nSPS) is 21.1. The number of carbonyl (C=O) groups is 2. The molecule has 1 saturated heterocycles. The van der Waals surface area contributed by atoms with E-state index in [0.717, 1.165) is 31.4 Å². The number of carbonyl (C=O) groups excluding carboxylic acids is 2. The summed E-state index contributed by atoms with van der Waals surface area (Å²) in [6.07, 6.45) is 7.75. The molecule has 136 valence electrons. The fourth-order valence-corrected chi connectivity index (χ4v) is 3.80. The molecule has 0 radical (unpaired) electrons. The number of nitrogens with zero attached hydrogens (tertiary/aromatic N) is 1. The molecule has 2 amide bonds. The van der Waals surface area contributed by atoms with Crippen molar-refractivity contribution in [2.24, 2.45) is 0 Å². The minimum atomic E-state index is -0.300. The lowest BCUT2D eigenvalue weighted by atomic mass is 9.95. The number of amides is 2. The van der Waals surface area contributed by atoms with Crippen LogP contribution in [0.4, 0.5) is 0 Å². The van der Waals surface area contributed by atoms with Crippen LogP contribution in [0.25, 0.3) is 0 Å². The van der Waals surface area contributed by atoms with E-state index >= 15 is 0 Å². The predicted molar refractivity (Wildman–Crippen MR) is 96.3 cm³/mol. The number of likely N-dealkylation sites (tertiary alicyclic amines) is 1. The average molecular weight is 344 g/mol. The number of nitrogens with one attached hydrogen (secondary N) is 1. The second-order valence-electron chi connectivity index (χ2n) is 7.00. The maximum Gasteiger partial charge on any atom is 0.243 e. The largest absolute Gasteiger partial charge is 0.493 e. The lowest BCUT2D eigenvalue weighted by molar-refractivity contribution is -0.139. The monoisotopic (exact) mass is 344 g/mol. The van der Waals surface area contributed by atoms with Gasteiger partial charge in [-0.05, 0) is 37.8 Å². The average Bonchev–Trinajstić information content (AvgIpc) is 3.13. The Morgan fingerprint density at radius 3 is 2.56 bits per heavy atom. The van der Waals surface area contributed by atoms with Crippen molar-refractivity contribution in [1.82, 2.24) is 10.2 Å². The van der Waals surface area contributed by atoms with E-state index < -0.39 is 0 Å². The molecule has 1 atom stereocenters. The summed E-state index contributed by atoms with van der Waals surface area (Å²) in [5.74, 6) is 0.808. The molecule has 3 rings (SSSR count). The quantitative estimate of drug-likeness (QED) is 0.863. The Bertz CT molecular complexity index is 570. The van der Waals surface area contributed by atoms with Gasteiger partial charge in [0.25, 0.3) is 0 Å². The molecular formula is C20H28N2O3. The molecule has 0 aromatic heterocycles. The van der Waals surface area contributed by atoms with Gasteiger partial charge in [0.15, 0.2) is 0 Å². The number of hydrogen-bond acceptors (Lipinski definition) is 3. The zero-order valence-electron chi connectivity index (χ0n) is 14.8. The van der Waals surface area contributed by atoms with Crippen LogP contribution in [0.15, 0.2) is 30.3 Å². The highest BCUT2D eigenvalue weighted by atomic mass is 16.5. The first-order chi connectivity index (χ1) is 12.2. The van der Waals surface area contributed by atoms with E-state index in [9.17, 15) is 9.59 Å². The molecule has 1 heterocycles. The Morgan fingerprint density at radius 1 is 1.04 bits per heavy atom. The van der Waals surface area contributed by atoms with Crippen LogP contribution in [-0.4, -0.2) is 41.9 Å². The van der Waals surface area contributed by atoms with Crippen LogP contribution in [0.1, 0.15) is 51.4 Å². The number of para-hydroxylation sites is 1. The summed E-state index contributed by atoms with van der Waals surface area (Å²) in [6, 6.07) is 9.48. The van der Waals surface area contributed by atoms with Gasteiger partial charge < -0.3 is 15.0 Å². The van der Waals surface area contributed by atoms with E-state index in [2.05, 4.69) is 5.32 Å². The van der Waals surface area contributed by atoms with Gasteiger partial charge in [-0.2, -0.15) is 0 Å². The minimum Gasteiger partial charge on any atom is -0.493 e. The van der Waals surface area contributed by atoms with Crippen molar-refractivity contribution in [1.29, 1.82) is 0 Å². The molecular weight excluding hydrogens is 316 g/mol. The van der Waals surface area contributed by atoms with Gasteiger partial charge >= 0.3 is 0 Å². The van der Waals surface area contributed by atoms with E-state index in [-0.39, 0.29) is 17.9 Å². The molecule has 1 aromatic carbocycles. The van der Waals surface area contributed by atoms with E-state index in [1.54, 1.807) is 4.90 Å². The first-order valence-corrected chi connectivity index (χ1v) is 9.52. The lowest BCUT2D eigenvalue weighted by Crippen LogP contribution is -2.49. The number of rotatable bonds is 6. The van der Waals surface area contributed by atoms with Crippen LogP contribution in [-0.2, 0) is 9.59 Å². The van der Waals surface area contributed by atoms with Crippen molar-refractivity contribution in [3.63, 3.8) is 0 Å². The molecule has 1 aromatic rings. The Balaban J connectivity index is 1.46. The highest BCUT2D eigenvalue weighted by Gasteiger charge is 2.34. The highest BCUT2D eigenvalue weighted by molar-refractivity contribution is 5.88. The van der Waals surface area contributed by atoms with E-state index in [1.165, 1.54) is 19.3 Å². The Morgan fingerprint density at radius 2 is 1.80 bits per heavy atom. The molecule has 2 fully saturated rings. The van der Waals surface area contributed by atoms with Gasteiger partial charge in [-0.3, -0.25) is 9.59 Å². The first-order valence-electron chi connectivity index (χ1n) is 9.52. The predicted octanol–water partition coefficient (Wildman–Crippen LogP) is 2.90. The van der Waals surface area contributed by atoms with Crippen LogP contribution in [0.3, 0.4) is 0 Å². The van der Waals surface area contributed by atoms with Gasteiger partial charge in [0.2, 0.25) is 11.8 Å². The molecule has 0 bridgehead atoms. The van der Waals surface area contributed by atoms with Crippen molar-refractivity contribution >= 4 is 11.8 Å². The van der Waals surface area contributed by atoms with Crippen molar-refractivity contribution < 1.29 is 14.3 Å². The van der Waals surface area contributed by atoms with Gasteiger partial charge in [-0.15, -0.1) is 0 Å². The third kappa shape index (κ3) is 4.97. The molecule has 25 heavy (non-hydrogen) atoms. The van der Waals surface area contributed by atoms with Crippen molar-refractivity contribution in [2.45, 2.75) is 63.5 Å². The molecule has 5 nitrogen and oxygen atoms in total. The molecule has 0 unspecified atom stereocenters. The molecule has 1 aliphatic carbocycles. The number of hydrogen-bond donors (Lipinski definition) is 1. The fraction of sp³-hybridized carbons (Fsp3) is 0.600. The molecule has 5 heteroatoms. The van der Waals surface area contributed by atoms with E-state index in [0.29, 0.717) is 25.6 Å². The summed E-state index contributed by atoms with van der Waals surface area (Å²) < 4.78 is 5.61. The first kappa shape index (κ1) is 17.8. The molecule has 1 N–H and O–H groups in total. The summed E-state index contributed by atoms with van der Waals surface area (Å²) in [7, 11) is 0. The van der Waals surface area contributed by atoms with E-state index in [1.807, 2.05) is 30.3 Å². The third-order valence-electron chi connectivity index (χ3n) is 5.16. The molecule has 1 saturated carbocycles. The maximum absolute atomic E-state index is 12.6. The van der Waals surface area contributed by atoms with Gasteiger partial charge in [0, 0.05) is 12.6 Å². The smallest absolute Gasteiger partial charge is 0.243 e. The van der Waals surface area contributed by atoms with Crippen LogP contribution >= 0.6 is 0 Å². The number of benzene rings is 1. The van der Waals surface area contributed by atoms with Crippen molar-refractivity contribution in [3.05, 3.63) is 30.3 Å². The minimum absolute atomic E-state index is 0.0113. The molecule has 1 aliphatic heterocycles. The molecule has 0 spiro atoms. The van der Waals surface area contributed by atoms with Crippen LogP contribution in [0.5, 0.6) is 5.75 Å². The Hall–Kier alpha value is -2.04. The maximum atomic E-state index is 12.6. The Labute approximate surface area is 149 Å². The third-order valence-corrected chi connectivity index (χ3v) is 5.16. The summed E-state index contributed by atoms with van der Waals surface area (Å²) >= 11 is 0. The van der Waals surface area contributed by atoms with Gasteiger partial charge in [-0.25, -0.2) is 0 Å². The molecule has 2 aliphatic rings. The van der Waals surface area contributed by atoms with Gasteiger partial charge in [0.05, 0.1) is 13.0 Å². The van der Waals surface area contributed by atoms with E-state index in [4.69, 9.17) is 4.74 Å². The topological polar surface area (TPSA) is 58.6 Å². The van der Waals surface area contributed by atoms with Gasteiger partial charge in [-0.1, -0.05) is 37.5 Å². The van der Waals surface area contributed by atoms with Crippen LogP contribution < -0.4 is 10.1 Å². The summed E-state index contributed by atoms with van der Waals surface area (Å²) in [5.41, 5.74) is 0. The zero-order chi connectivity index (χ0) is 17.5. The Kier molecular flexibility index (Phi) is 6.31. The van der Waals surface area contributed by atoms with Crippen LogP contribution in [0.2, 0.25) is 0 Å².